The number of carbonyl (C=O) groups is 1. The highest BCUT2D eigenvalue weighted by molar-refractivity contribution is 9.10. The molecule has 1 aromatic heterocycles. The number of hydrogen-bond donors (Lipinski definition) is 1. The molecule has 20 heavy (non-hydrogen) atoms. The molecule has 102 valence electrons. The molecule has 0 saturated carbocycles. The van der Waals surface area contributed by atoms with Crippen LogP contribution < -0.4 is 4.74 Å². The predicted octanol–water partition coefficient (Wildman–Crippen LogP) is 3.24. The zero-order chi connectivity index (χ0) is 14.7. The average molecular weight is 339 g/mol. The molecule has 1 heterocycles. The first-order chi connectivity index (χ1) is 9.47. The van der Waals surface area contributed by atoms with E-state index < -0.39 is 10.9 Å². The van der Waals surface area contributed by atoms with Crippen LogP contribution in [0.2, 0.25) is 0 Å². The maximum Gasteiger partial charge on any atom is 0.335 e. The minimum atomic E-state index is -1.12. The van der Waals surface area contributed by atoms with Crippen molar-refractivity contribution < 1.29 is 19.6 Å². The van der Waals surface area contributed by atoms with Crippen molar-refractivity contribution in [3.8, 4) is 11.6 Å². The van der Waals surface area contributed by atoms with Crippen LogP contribution in [0, 0.1) is 10.1 Å². The molecule has 0 atom stereocenters. The Kier molecular flexibility index (Phi) is 3.94. The fraction of sp³-hybridized carbons (Fsp3) is 0. The number of aromatic carboxylic acids is 1. The van der Waals surface area contributed by atoms with Gasteiger partial charge >= 0.3 is 11.7 Å². The number of nitrogens with zero attached hydrogens (tertiary/aromatic N) is 2. The third kappa shape index (κ3) is 3.09. The van der Waals surface area contributed by atoms with Gasteiger partial charge in [-0.25, -0.2) is 9.78 Å². The number of carboxylic acids is 1. The van der Waals surface area contributed by atoms with Crippen molar-refractivity contribution in [1.29, 1.82) is 0 Å². The number of benzene rings is 1. The summed E-state index contributed by atoms with van der Waals surface area (Å²) in [6, 6.07) is 6.86. The van der Waals surface area contributed by atoms with E-state index in [9.17, 15) is 14.9 Å². The smallest absolute Gasteiger partial charge is 0.335 e. The molecule has 0 amide bonds. The molecule has 0 unspecified atom stereocenters. The van der Waals surface area contributed by atoms with Gasteiger partial charge in [-0.2, -0.15) is 0 Å². The standard InChI is InChI=1S/C12H7BrN2O5/c13-8-5-10(15(18)19)11(14-6-8)20-9-3-1-2-7(4-9)12(16)17/h1-6H,(H,16,17). The Morgan fingerprint density at radius 3 is 2.80 bits per heavy atom. The van der Waals surface area contributed by atoms with Crippen LogP contribution in [0.25, 0.3) is 0 Å². The van der Waals surface area contributed by atoms with E-state index in [1.54, 1.807) is 0 Å². The van der Waals surface area contributed by atoms with Crippen LogP contribution in [0.5, 0.6) is 11.6 Å². The van der Waals surface area contributed by atoms with Gasteiger partial charge in [-0.1, -0.05) is 6.07 Å². The summed E-state index contributed by atoms with van der Waals surface area (Å²) in [7, 11) is 0. The number of pyridine rings is 1. The van der Waals surface area contributed by atoms with Crippen LogP contribution in [-0.2, 0) is 0 Å². The minimum absolute atomic E-state index is 0.0160. The van der Waals surface area contributed by atoms with Gasteiger partial charge in [0.25, 0.3) is 5.88 Å². The van der Waals surface area contributed by atoms with Gasteiger partial charge in [0.05, 0.1) is 10.5 Å². The summed E-state index contributed by atoms with van der Waals surface area (Å²) in [6.07, 6.45) is 1.35. The number of rotatable bonds is 4. The molecule has 7 nitrogen and oxygen atoms in total. The molecule has 0 fully saturated rings. The van der Waals surface area contributed by atoms with Gasteiger partial charge in [0.1, 0.15) is 5.75 Å². The Labute approximate surface area is 121 Å². The molecule has 1 aromatic carbocycles. The van der Waals surface area contributed by atoms with Crippen molar-refractivity contribution in [3.63, 3.8) is 0 Å². The van der Waals surface area contributed by atoms with Crippen LogP contribution in [0.1, 0.15) is 10.4 Å². The SMILES string of the molecule is O=C(O)c1cccc(Oc2ncc(Br)cc2[N+](=O)[O-])c1. The number of nitro groups is 1. The maximum atomic E-state index is 10.9. The summed E-state index contributed by atoms with van der Waals surface area (Å²) in [6.45, 7) is 0. The Hall–Kier alpha value is -2.48. The van der Waals surface area contributed by atoms with E-state index in [4.69, 9.17) is 9.84 Å². The quantitative estimate of drug-likeness (QED) is 0.678. The Bertz CT molecular complexity index is 689. The topological polar surface area (TPSA) is 103 Å². The second-order valence-corrected chi connectivity index (χ2v) is 4.59. The van der Waals surface area contributed by atoms with Gasteiger partial charge < -0.3 is 9.84 Å². The number of ether oxygens (including phenoxy) is 1. The largest absolute Gasteiger partial charge is 0.478 e. The van der Waals surface area contributed by atoms with Gasteiger partial charge in [0.15, 0.2) is 0 Å². The zero-order valence-electron chi connectivity index (χ0n) is 9.82. The van der Waals surface area contributed by atoms with Gasteiger partial charge in [-0.05, 0) is 34.1 Å². The van der Waals surface area contributed by atoms with Crippen molar-refractivity contribution >= 4 is 27.6 Å². The lowest BCUT2D eigenvalue weighted by Crippen LogP contribution is -1.98. The lowest BCUT2D eigenvalue weighted by Gasteiger charge is -2.06. The van der Waals surface area contributed by atoms with E-state index in [2.05, 4.69) is 20.9 Å². The summed E-state index contributed by atoms with van der Waals surface area (Å²) < 4.78 is 5.72. The van der Waals surface area contributed by atoms with Gasteiger partial charge in [0, 0.05) is 16.7 Å². The third-order valence-electron chi connectivity index (χ3n) is 2.29. The minimum Gasteiger partial charge on any atom is -0.478 e. The molecule has 0 bridgehead atoms. The highest BCUT2D eigenvalue weighted by atomic mass is 79.9. The fourth-order valence-electron chi connectivity index (χ4n) is 1.43. The monoisotopic (exact) mass is 338 g/mol. The van der Waals surface area contributed by atoms with Crippen LogP contribution >= 0.6 is 15.9 Å². The number of halogens is 1. The zero-order valence-corrected chi connectivity index (χ0v) is 11.4. The van der Waals surface area contributed by atoms with Crippen molar-refractivity contribution in [1.82, 2.24) is 4.98 Å². The number of carboxylic acid groups (broad SMARTS) is 1. The first-order valence-corrected chi connectivity index (χ1v) is 6.08. The van der Waals surface area contributed by atoms with Gasteiger partial charge in [-0.15, -0.1) is 0 Å². The van der Waals surface area contributed by atoms with E-state index >= 15 is 0 Å². The van der Waals surface area contributed by atoms with E-state index in [1.165, 1.54) is 36.5 Å². The van der Waals surface area contributed by atoms with E-state index in [0.29, 0.717) is 4.47 Å². The van der Waals surface area contributed by atoms with Crippen LogP contribution in [-0.4, -0.2) is 21.0 Å². The molecular formula is C12H7BrN2O5. The van der Waals surface area contributed by atoms with Crippen LogP contribution in [0.4, 0.5) is 5.69 Å². The summed E-state index contributed by atoms with van der Waals surface area (Å²) in [4.78, 5) is 24.9. The highest BCUT2D eigenvalue weighted by Crippen LogP contribution is 2.31. The molecule has 0 aliphatic rings. The fourth-order valence-corrected chi connectivity index (χ4v) is 1.75. The molecule has 0 aliphatic heterocycles. The van der Waals surface area contributed by atoms with Gasteiger partial charge in [-0.3, -0.25) is 10.1 Å². The summed E-state index contributed by atoms with van der Waals surface area (Å²) in [5, 5.41) is 19.8. The number of hydrogen-bond acceptors (Lipinski definition) is 5. The summed E-state index contributed by atoms with van der Waals surface area (Å²) >= 11 is 3.08. The second kappa shape index (κ2) is 5.66. The first kappa shape index (κ1) is 13.9. The molecule has 2 rings (SSSR count). The van der Waals surface area contributed by atoms with Crippen molar-refractivity contribution in [2.24, 2.45) is 0 Å². The third-order valence-corrected chi connectivity index (χ3v) is 2.72. The van der Waals surface area contributed by atoms with E-state index in [0.717, 1.165) is 0 Å². The van der Waals surface area contributed by atoms with Crippen molar-refractivity contribution in [2.45, 2.75) is 0 Å². The van der Waals surface area contributed by atoms with Crippen LogP contribution in [0.3, 0.4) is 0 Å². The molecule has 0 radical (unpaired) electrons. The lowest BCUT2D eigenvalue weighted by molar-refractivity contribution is -0.386. The molecule has 1 N–H and O–H groups in total. The molecule has 8 heteroatoms. The normalized spacial score (nSPS) is 10.1. The first-order valence-electron chi connectivity index (χ1n) is 5.28. The Morgan fingerprint density at radius 2 is 2.15 bits per heavy atom. The number of aromatic nitrogens is 1. The average Bonchev–Trinajstić information content (AvgIpc) is 2.41. The van der Waals surface area contributed by atoms with E-state index in [-0.39, 0.29) is 22.9 Å². The molecular weight excluding hydrogens is 332 g/mol. The van der Waals surface area contributed by atoms with Crippen molar-refractivity contribution in [3.05, 3.63) is 56.7 Å². The highest BCUT2D eigenvalue weighted by Gasteiger charge is 2.18. The maximum absolute atomic E-state index is 10.9. The molecule has 0 aliphatic carbocycles. The molecule has 2 aromatic rings. The van der Waals surface area contributed by atoms with Gasteiger partial charge in [0.2, 0.25) is 0 Å². The summed E-state index contributed by atoms with van der Waals surface area (Å²) in [5.74, 6) is -1.17. The summed E-state index contributed by atoms with van der Waals surface area (Å²) in [5.41, 5.74) is -0.303. The van der Waals surface area contributed by atoms with Crippen molar-refractivity contribution in [2.75, 3.05) is 0 Å². The molecule has 0 spiro atoms. The predicted molar refractivity (Wildman–Crippen MR) is 72.1 cm³/mol. The second-order valence-electron chi connectivity index (χ2n) is 3.67. The van der Waals surface area contributed by atoms with E-state index in [1.807, 2.05) is 0 Å². The van der Waals surface area contributed by atoms with Crippen LogP contribution in [0.15, 0.2) is 41.0 Å². The Morgan fingerprint density at radius 1 is 1.40 bits per heavy atom. The Balaban J connectivity index is 2.37. The lowest BCUT2D eigenvalue weighted by atomic mass is 10.2. The molecule has 0 saturated heterocycles.